The highest BCUT2D eigenvalue weighted by Gasteiger charge is 2.35. The summed E-state index contributed by atoms with van der Waals surface area (Å²) in [6, 6.07) is 7.15. The zero-order valence-electron chi connectivity index (χ0n) is 11.2. The molecule has 0 radical (unpaired) electrons. The van der Waals surface area contributed by atoms with E-state index in [4.69, 9.17) is 4.52 Å². The first-order chi connectivity index (χ1) is 9.38. The molecule has 0 N–H and O–H groups in total. The van der Waals surface area contributed by atoms with Crippen molar-refractivity contribution >= 4 is 0 Å². The van der Waals surface area contributed by atoms with E-state index in [1.54, 1.807) is 0 Å². The van der Waals surface area contributed by atoms with Crippen molar-refractivity contribution in [1.29, 1.82) is 0 Å². The predicted octanol–water partition coefficient (Wildman–Crippen LogP) is 3.21. The van der Waals surface area contributed by atoms with Crippen molar-refractivity contribution in [3.05, 3.63) is 41.2 Å². The molecule has 98 valence electrons. The van der Waals surface area contributed by atoms with Gasteiger partial charge in [-0.2, -0.15) is 0 Å². The summed E-state index contributed by atoms with van der Waals surface area (Å²) in [7, 11) is 0. The average molecular weight is 254 g/mol. The molecule has 1 aliphatic carbocycles. The van der Waals surface area contributed by atoms with Gasteiger partial charge < -0.3 is 4.52 Å². The Morgan fingerprint density at radius 1 is 1.37 bits per heavy atom. The van der Waals surface area contributed by atoms with Gasteiger partial charge in [0.15, 0.2) is 0 Å². The molecule has 3 nitrogen and oxygen atoms in total. The smallest absolute Gasteiger partial charge is 0.127 e. The van der Waals surface area contributed by atoms with Crippen LogP contribution in [-0.4, -0.2) is 23.1 Å². The van der Waals surface area contributed by atoms with Crippen molar-refractivity contribution in [3.8, 4) is 11.3 Å². The van der Waals surface area contributed by atoms with Crippen LogP contribution in [0.25, 0.3) is 11.3 Å². The molecule has 2 aliphatic rings. The van der Waals surface area contributed by atoms with Gasteiger partial charge in [0.05, 0.1) is 0 Å². The molecule has 1 aromatic heterocycles. The van der Waals surface area contributed by atoms with Crippen LogP contribution in [0, 0.1) is 0 Å². The Balaban J connectivity index is 1.90. The largest absolute Gasteiger partial charge is 0.364 e. The molecule has 3 heteroatoms. The second-order valence-corrected chi connectivity index (χ2v) is 5.57. The van der Waals surface area contributed by atoms with Gasteiger partial charge in [-0.15, -0.1) is 0 Å². The molecule has 19 heavy (non-hydrogen) atoms. The lowest BCUT2D eigenvalue weighted by Gasteiger charge is -2.40. The Morgan fingerprint density at radius 2 is 2.32 bits per heavy atom. The molecule has 0 amide bonds. The second-order valence-electron chi connectivity index (χ2n) is 5.57. The van der Waals surface area contributed by atoms with Crippen molar-refractivity contribution in [2.75, 3.05) is 13.1 Å². The molecule has 0 saturated carbocycles. The van der Waals surface area contributed by atoms with E-state index in [0.29, 0.717) is 6.04 Å². The number of nitrogens with zero attached hydrogens (tertiary/aromatic N) is 2. The maximum Gasteiger partial charge on any atom is 0.127 e. The number of benzene rings is 1. The molecule has 4 rings (SSSR count). The Kier molecular flexibility index (Phi) is 2.49. The van der Waals surface area contributed by atoms with Gasteiger partial charge in [0.1, 0.15) is 12.0 Å². The summed E-state index contributed by atoms with van der Waals surface area (Å²) < 4.78 is 5.20. The van der Waals surface area contributed by atoms with E-state index in [-0.39, 0.29) is 0 Å². The molecule has 1 aliphatic heterocycles. The van der Waals surface area contributed by atoms with Crippen LogP contribution in [0.5, 0.6) is 0 Å². The van der Waals surface area contributed by atoms with Crippen molar-refractivity contribution in [3.63, 3.8) is 0 Å². The second kappa shape index (κ2) is 4.20. The normalized spacial score (nSPS) is 21.0. The van der Waals surface area contributed by atoms with Crippen molar-refractivity contribution in [1.82, 2.24) is 10.1 Å². The van der Waals surface area contributed by atoms with Crippen molar-refractivity contribution in [2.24, 2.45) is 0 Å². The number of rotatable bonds is 2. The first-order valence-corrected chi connectivity index (χ1v) is 7.18. The van der Waals surface area contributed by atoms with Crippen molar-refractivity contribution < 1.29 is 4.52 Å². The van der Waals surface area contributed by atoms with E-state index in [9.17, 15) is 0 Å². The zero-order chi connectivity index (χ0) is 12.8. The van der Waals surface area contributed by atoms with Crippen molar-refractivity contribution in [2.45, 2.75) is 32.2 Å². The predicted molar refractivity (Wildman–Crippen MR) is 74.0 cm³/mol. The Hall–Kier alpha value is -1.61. The Labute approximate surface area is 113 Å². The third kappa shape index (κ3) is 1.58. The third-order valence-corrected chi connectivity index (χ3v) is 4.46. The van der Waals surface area contributed by atoms with Crippen LogP contribution < -0.4 is 0 Å². The number of fused-ring (bicyclic) bond motifs is 2. The zero-order valence-corrected chi connectivity index (χ0v) is 11.2. The number of hydrogen-bond donors (Lipinski definition) is 0. The monoisotopic (exact) mass is 254 g/mol. The summed E-state index contributed by atoms with van der Waals surface area (Å²) in [5.41, 5.74) is 6.62. The van der Waals surface area contributed by atoms with E-state index >= 15 is 0 Å². The van der Waals surface area contributed by atoms with Gasteiger partial charge in [0, 0.05) is 23.7 Å². The van der Waals surface area contributed by atoms with Crippen LogP contribution in [-0.2, 0) is 12.8 Å². The standard InChI is InChI=1S/C16H18N2O/c1-2-7-18-8-6-11-4-3-5-13-15(11)14(18)9-12-10-19-17-16(12)13/h3-5,10,14H,2,6-9H2,1H3. The lowest BCUT2D eigenvalue weighted by molar-refractivity contribution is 0.183. The molecule has 2 aromatic rings. The van der Waals surface area contributed by atoms with Gasteiger partial charge in [0.25, 0.3) is 0 Å². The van der Waals surface area contributed by atoms with E-state index < -0.39 is 0 Å². The summed E-state index contributed by atoms with van der Waals surface area (Å²) in [4.78, 5) is 2.63. The van der Waals surface area contributed by atoms with Crippen LogP contribution in [0.15, 0.2) is 29.0 Å². The van der Waals surface area contributed by atoms with Gasteiger partial charge >= 0.3 is 0 Å². The van der Waals surface area contributed by atoms with E-state index in [1.165, 1.54) is 41.8 Å². The molecule has 0 spiro atoms. The molecule has 2 heterocycles. The van der Waals surface area contributed by atoms with Crippen LogP contribution in [0.3, 0.4) is 0 Å². The third-order valence-electron chi connectivity index (χ3n) is 4.46. The first kappa shape index (κ1) is 11.2. The molecule has 0 bridgehead atoms. The van der Waals surface area contributed by atoms with E-state index in [2.05, 4.69) is 35.2 Å². The fourth-order valence-electron chi connectivity index (χ4n) is 3.65. The molecule has 1 atom stereocenters. The average Bonchev–Trinajstić information content (AvgIpc) is 2.90. The summed E-state index contributed by atoms with van der Waals surface area (Å²) in [6.45, 7) is 4.61. The van der Waals surface area contributed by atoms with Crippen LogP contribution in [0.1, 0.15) is 36.1 Å². The molecular formula is C16H18N2O. The Morgan fingerprint density at radius 3 is 3.21 bits per heavy atom. The summed E-state index contributed by atoms with van der Waals surface area (Å²) in [6.07, 6.45) is 5.24. The molecular weight excluding hydrogens is 236 g/mol. The van der Waals surface area contributed by atoms with Gasteiger partial charge in [-0.25, -0.2) is 0 Å². The highest BCUT2D eigenvalue weighted by molar-refractivity contribution is 5.71. The summed E-state index contributed by atoms with van der Waals surface area (Å²) in [5.74, 6) is 0. The maximum atomic E-state index is 5.20. The minimum Gasteiger partial charge on any atom is -0.364 e. The highest BCUT2D eigenvalue weighted by atomic mass is 16.5. The van der Waals surface area contributed by atoms with E-state index in [1.807, 2.05) is 6.26 Å². The SMILES string of the molecule is CCCN1CCc2cccc3c2C1Cc1conc1-3. The maximum absolute atomic E-state index is 5.20. The van der Waals surface area contributed by atoms with Gasteiger partial charge in [-0.1, -0.05) is 30.3 Å². The molecule has 1 aromatic carbocycles. The lowest BCUT2D eigenvalue weighted by Crippen LogP contribution is -2.38. The van der Waals surface area contributed by atoms with Crippen LogP contribution in [0.4, 0.5) is 0 Å². The molecule has 0 saturated heterocycles. The van der Waals surface area contributed by atoms with Gasteiger partial charge in [-0.3, -0.25) is 4.90 Å². The van der Waals surface area contributed by atoms with Crippen LogP contribution >= 0.6 is 0 Å². The fraction of sp³-hybridized carbons (Fsp3) is 0.438. The molecule has 0 fully saturated rings. The minimum atomic E-state index is 0.520. The highest BCUT2D eigenvalue weighted by Crippen LogP contribution is 2.44. The summed E-state index contributed by atoms with van der Waals surface area (Å²) in [5, 5.41) is 4.21. The fourth-order valence-corrected chi connectivity index (χ4v) is 3.65. The quantitative estimate of drug-likeness (QED) is 0.824. The number of aromatic nitrogens is 1. The topological polar surface area (TPSA) is 29.3 Å². The lowest BCUT2D eigenvalue weighted by atomic mass is 9.80. The number of hydrogen-bond acceptors (Lipinski definition) is 3. The van der Waals surface area contributed by atoms with Gasteiger partial charge in [-0.05, 0) is 36.9 Å². The van der Waals surface area contributed by atoms with Gasteiger partial charge in [0.2, 0.25) is 0 Å². The molecule has 1 unspecified atom stereocenters. The Bertz CT molecular complexity index is 617. The summed E-state index contributed by atoms with van der Waals surface area (Å²) >= 11 is 0. The first-order valence-electron chi connectivity index (χ1n) is 7.18. The minimum absolute atomic E-state index is 0.520. The van der Waals surface area contributed by atoms with E-state index in [0.717, 1.165) is 18.5 Å². The van der Waals surface area contributed by atoms with Crippen LogP contribution in [0.2, 0.25) is 0 Å².